The molecule has 0 spiro atoms. The van der Waals surface area contributed by atoms with Gasteiger partial charge in [0, 0.05) is 32.8 Å². The van der Waals surface area contributed by atoms with Gasteiger partial charge in [-0.2, -0.15) is 0 Å². The normalized spacial score (nSPS) is 11.8. The molecule has 2 aromatic heterocycles. The van der Waals surface area contributed by atoms with Crippen molar-refractivity contribution in [3.63, 3.8) is 0 Å². The molecular formula is C34H20ClN3. The second kappa shape index (κ2) is 8.14. The molecule has 0 radical (unpaired) electrons. The van der Waals surface area contributed by atoms with Crippen molar-refractivity contribution in [1.82, 2.24) is 14.5 Å². The number of hydrogen-bond acceptors (Lipinski definition) is 2. The molecule has 4 heteroatoms. The summed E-state index contributed by atoms with van der Waals surface area (Å²) in [5, 5.41) is 8.20. The van der Waals surface area contributed by atoms with Gasteiger partial charge in [-0.3, -0.25) is 0 Å². The number of benzene rings is 6. The van der Waals surface area contributed by atoms with Gasteiger partial charge in [0.15, 0.2) is 0 Å². The van der Waals surface area contributed by atoms with E-state index in [2.05, 4.69) is 120 Å². The van der Waals surface area contributed by atoms with Crippen molar-refractivity contribution in [3.05, 3.63) is 127 Å². The molecule has 0 unspecified atom stereocenters. The van der Waals surface area contributed by atoms with E-state index in [1.165, 1.54) is 21.7 Å². The predicted octanol–water partition coefficient (Wildman–Crippen LogP) is 9.35. The van der Waals surface area contributed by atoms with Crippen LogP contribution in [0.5, 0.6) is 0 Å². The van der Waals surface area contributed by atoms with E-state index in [4.69, 9.17) is 21.6 Å². The van der Waals surface area contributed by atoms with Crippen molar-refractivity contribution in [1.29, 1.82) is 0 Å². The van der Waals surface area contributed by atoms with E-state index in [1.807, 2.05) is 6.07 Å². The maximum Gasteiger partial charge on any atom is 0.223 e. The molecule has 0 bridgehead atoms. The molecule has 3 nitrogen and oxygen atoms in total. The van der Waals surface area contributed by atoms with E-state index in [-0.39, 0.29) is 5.28 Å². The van der Waals surface area contributed by atoms with E-state index in [9.17, 15) is 0 Å². The van der Waals surface area contributed by atoms with Gasteiger partial charge in [-0.15, -0.1) is 0 Å². The molecule has 0 saturated carbocycles. The summed E-state index contributed by atoms with van der Waals surface area (Å²) >= 11 is 6.60. The number of nitrogens with zero attached hydrogens (tertiary/aromatic N) is 3. The lowest BCUT2D eigenvalue weighted by Crippen LogP contribution is -1.95. The van der Waals surface area contributed by atoms with Crippen LogP contribution in [0, 0.1) is 0 Å². The summed E-state index contributed by atoms with van der Waals surface area (Å²) in [4.78, 5) is 9.57. The number of para-hydroxylation sites is 2. The summed E-state index contributed by atoms with van der Waals surface area (Å²) in [6, 6.07) is 42.5. The maximum atomic E-state index is 6.60. The highest BCUT2D eigenvalue weighted by Crippen LogP contribution is 2.41. The van der Waals surface area contributed by atoms with Crippen LogP contribution in [0.1, 0.15) is 0 Å². The Bertz CT molecular complexity index is 2200. The minimum Gasteiger partial charge on any atom is -0.309 e. The fourth-order valence-corrected chi connectivity index (χ4v) is 6.10. The van der Waals surface area contributed by atoms with Gasteiger partial charge in [-0.1, -0.05) is 91.0 Å². The predicted molar refractivity (Wildman–Crippen MR) is 159 cm³/mol. The monoisotopic (exact) mass is 505 g/mol. The number of aromatic nitrogens is 3. The summed E-state index contributed by atoms with van der Waals surface area (Å²) < 4.78 is 2.32. The highest BCUT2D eigenvalue weighted by molar-refractivity contribution is 6.31. The molecule has 0 fully saturated rings. The average Bonchev–Trinajstić information content (AvgIpc) is 3.31. The third-order valence-electron chi connectivity index (χ3n) is 7.51. The Morgan fingerprint density at radius 3 is 1.89 bits per heavy atom. The first kappa shape index (κ1) is 21.4. The Kier molecular flexibility index (Phi) is 4.58. The van der Waals surface area contributed by atoms with Gasteiger partial charge in [0.05, 0.1) is 22.2 Å². The topological polar surface area (TPSA) is 30.7 Å². The van der Waals surface area contributed by atoms with Crippen LogP contribution < -0.4 is 0 Å². The Morgan fingerprint density at radius 2 is 1.11 bits per heavy atom. The van der Waals surface area contributed by atoms with Crippen molar-refractivity contribution in [2.75, 3.05) is 0 Å². The fourth-order valence-electron chi connectivity index (χ4n) is 5.93. The minimum atomic E-state index is 0.250. The molecule has 0 aliphatic rings. The lowest BCUT2D eigenvalue weighted by atomic mass is 9.94. The lowest BCUT2D eigenvalue weighted by molar-refractivity contribution is 1.18. The first-order valence-corrected chi connectivity index (χ1v) is 13.0. The number of fused-ring (bicyclic) bond motifs is 9. The third kappa shape index (κ3) is 3.03. The molecule has 2 heterocycles. The SMILES string of the molecule is Clc1nc(-c2ccc3c(c2)c2ccccc2n3-c2ccccc2)c2c3ccccc3c3ccccc3c2n1. The highest BCUT2D eigenvalue weighted by atomic mass is 35.5. The molecule has 0 aliphatic carbocycles. The Hall–Kier alpha value is -4.73. The van der Waals surface area contributed by atoms with Crippen LogP contribution in [0.25, 0.3) is 71.2 Å². The molecule has 0 N–H and O–H groups in total. The average molecular weight is 506 g/mol. The molecule has 8 aromatic rings. The summed E-state index contributed by atoms with van der Waals surface area (Å²) in [6.07, 6.45) is 0. The summed E-state index contributed by atoms with van der Waals surface area (Å²) in [6.45, 7) is 0. The van der Waals surface area contributed by atoms with Crippen molar-refractivity contribution in [2.24, 2.45) is 0 Å². The zero-order chi connectivity index (χ0) is 25.2. The van der Waals surface area contributed by atoms with Crippen LogP contribution in [0.15, 0.2) is 121 Å². The molecule has 8 rings (SSSR count). The first-order chi connectivity index (χ1) is 18.8. The van der Waals surface area contributed by atoms with Crippen LogP contribution in [0.2, 0.25) is 5.28 Å². The molecular weight excluding hydrogens is 486 g/mol. The van der Waals surface area contributed by atoms with Gasteiger partial charge in [0.1, 0.15) is 0 Å². The van der Waals surface area contributed by atoms with Gasteiger partial charge in [0.25, 0.3) is 0 Å². The molecule has 178 valence electrons. The molecule has 0 atom stereocenters. The van der Waals surface area contributed by atoms with Crippen molar-refractivity contribution in [3.8, 4) is 16.9 Å². The number of hydrogen-bond donors (Lipinski definition) is 0. The number of halogens is 1. The molecule has 0 aliphatic heterocycles. The molecule has 38 heavy (non-hydrogen) atoms. The maximum absolute atomic E-state index is 6.60. The van der Waals surface area contributed by atoms with E-state index in [0.717, 1.165) is 49.5 Å². The molecule has 0 saturated heterocycles. The summed E-state index contributed by atoms with van der Waals surface area (Å²) in [7, 11) is 0. The van der Waals surface area contributed by atoms with Crippen LogP contribution in [-0.2, 0) is 0 Å². The third-order valence-corrected chi connectivity index (χ3v) is 7.68. The Morgan fingerprint density at radius 1 is 0.500 bits per heavy atom. The second-order valence-electron chi connectivity index (χ2n) is 9.58. The summed E-state index contributed by atoms with van der Waals surface area (Å²) in [5.41, 5.74) is 6.21. The van der Waals surface area contributed by atoms with Crippen LogP contribution in [0.4, 0.5) is 0 Å². The Balaban J connectivity index is 1.50. The van der Waals surface area contributed by atoms with E-state index in [1.54, 1.807) is 0 Å². The molecule has 6 aromatic carbocycles. The smallest absolute Gasteiger partial charge is 0.223 e. The molecule has 0 amide bonds. The quantitative estimate of drug-likeness (QED) is 0.173. The standard InChI is InChI=1S/C34H20ClN3/c35-34-36-32(31-26-15-6-4-12-23(26)24-13-5-7-16-27(24)33(31)37-34)21-18-19-30-28(20-21)25-14-8-9-17-29(25)38(30)22-10-2-1-3-11-22/h1-20H. The largest absolute Gasteiger partial charge is 0.309 e. The summed E-state index contributed by atoms with van der Waals surface area (Å²) in [5.74, 6) is 0. The van der Waals surface area contributed by atoms with Gasteiger partial charge >= 0.3 is 0 Å². The first-order valence-electron chi connectivity index (χ1n) is 12.6. The van der Waals surface area contributed by atoms with Gasteiger partial charge < -0.3 is 4.57 Å². The van der Waals surface area contributed by atoms with Crippen LogP contribution in [0.3, 0.4) is 0 Å². The fraction of sp³-hybridized carbons (Fsp3) is 0. The zero-order valence-electron chi connectivity index (χ0n) is 20.3. The van der Waals surface area contributed by atoms with Gasteiger partial charge in [-0.25, -0.2) is 9.97 Å². The van der Waals surface area contributed by atoms with E-state index >= 15 is 0 Å². The van der Waals surface area contributed by atoms with Crippen molar-refractivity contribution < 1.29 is 0 Å². The van der Waals surface area contributed by atoms with Crippen LogP contribution in [-0.4, -0.2) is 14.5 Å². The number of rotatable bonds is 2. The minimum absolute atomic E-state index is 0.250. The van der Waals surface area contributed by atoms with Crippen molar-refractivity contribution >= 4 is 65.9 Å². The van der Waals surface area contributed by atoms with E-state index < -0.39 is 0 Å². The zero-order valence-corrected chi connectivity index (χ0v) is 21.0. The highest BCUT2D eigenvalue weighted by Gasteiger charge is 2.18. The van der Waals surface area contributed by atoms with Crippen LogP contribution >= 0.6 is 11.6 Å². The lowest BCUT2D eigenvalue weighted by Gasteiger charge is -2.13. The van der Waals surface area contributed by atoms with E-state index in [0.29, 0.717) is 0 Å². The second-order valence-corrected chi connectivity index (χ2v) is 9.91. The van der Waals surface area contributed by atoms with Gasteiger partial charge in [-0.05, 0) is 58.1 Å². The Labute approximate surface area is 223 Å². The van der Waals surface area contributed by atoms with Gasteiger partial charge in [0.2, 0.25) is 5.28 Å². The van der Waals surface area contributed by atoms with Crippen molar-refractivity contribution in [2.45, 2.75) is 0 Å².